The summed E-state index contributed by atoms with van der Waals surface area (Å²) >= 11 is 0. The maximum absolute atomic E-state index is 13.1. The minimum absolute atomic E-state index is 0.164. The molecule has 2 nitrogen and oxygen atoms in total. The highest BCUT2D eigenvalue weighted by Crippen LogP contribution is 2.50. The maximum Gasteiger partial charge on any atom is 0.381 e. The molecule has 0 amide bonds. The average molecular weight is 300 g/mol. The third-order valence-corrected chi connectivity index (χ3v) is 2.08. The van der Waals surface area contributed by atoms with Crippen molar-refractivity contribution in [3.8, 4) is 0 Å². The van der Waals surface area contributed by atoms with Crippen molar-refractivity contribution in [3.05, 3.63) is 12.7 Å². The molecule has 0 saturated heterocycles. The largest absolute Gasteiger partial charge is 0.453 e. The number of alkyl halides is 8. The number of carbonyl (C=O) groups is 1. The normalized spacial score (nSPS) is 15.3. The van der Waals surface area contributed by atoms with Crippen LogP contribution in [0.1, 0.15) is 6.92 Å². The van der Waals surface area contributed by atoms with E-state index in [1.165, 1.54) is 0 Å². The fourth-order valence-electron chi connectivity index (χ4n) is 0.911. The summed E-state index contributed by atoms with van der Waals surface area (Å²) in [5.74, 6) is -20.0. The first-order valence-electron chi connectivity index (χ1n) is 4.57. The molecule has 112 valence electrons. The van der Waals surface area contributed by atoms with Gasteiger partial charge in [0.05, 0.1) is 0 Å². The van der Waals surface area contributed by atoms with E-state index in [-0.39, 0.29) is 6.92 Å². The molecule has 0 spiro atoms. The van der Waals surface area contributed by atoms with Crippen LogP contribution < -0.4 is 0 Å². The predicted octanol–water partition coefficient (Wildman–Crippen LogP) is 3.28. The molecule has 1 unspecified atom stereocenters. The Balaban J connectivity index is 5.38. The van der Waals surface area contributed by atoms with E-state index in [0.29, 0.717) is 6.08 Å². The molecule has 0 rings (SSSR count). The zero-order chi connectivity index (χ0) is 15.6. The van der Waals surface area contributed by atoms with Gasteiger partial charge in [0.25, 0.3) is 0 Å². The third-order valence-electron chi connectivity index (χ3n) is 2.08. The second-order valence-corrected chi connectivity index (χ2v) is 3.40. The molecular weight excluding hydrogens is 292 g/mol. The van der Waals surface area contributed by atoms with Gasteiger partial charge in [-0.2, -0.15) is 26.3 Å². The van der Waals surface area contributed by atoms with Crippen molar-refractivity contribution in [3.63, 3.8) is 0 Å². The van der Waals surface area contributed by atoms with E-state index in [4.69, 9.17) is 0 Å². The number of esters is 1. The van der Waals surface area contributed by atoms with E-state index in [2.05, 4.69) is 11.3 Å². The van der Waals surface area contributed by atoms with Gasteiger partial charge in [0.2, 0.25) is 0 Å². The van der Waals surface area contributed by atoms with Crippen LogP contribution in [0.4, 0.5) is 35.1 Å². The lowest BCUT2D eigenvalue weighted by Gasteiger charge is -2.34. The first-order chi connectivity index (χ1) is 8.32. The Morgan fingerprint density at radius 1 is 1.11 bits per heavy atom. The Hall–Kier alpha value is -1.35. The third kappa shape index (κ3) is 2.98. The predicted molar refractivity (Wildman–Crippen MR) is 46.6 cm³/mol. The van der Waals surface area contributed by atoms with E-state index in [1.54, 1.807) is 0 Å². The number of halogens is 8. The second kappa shape index (κ2) is 5.33. The molecule has 19 heavy (non-hydrogen) atoms. The van der Waals surface area contributed by atoms with Crippen LogP contribution in [-0.2, 0) is 9.53 Å². The monoisotopic (exact) mass is 300 g/mol. The van der Waals surface area contributed by atoms with E-state index < -0.39 is 36.3 Å². The van der Waals surface area contributed by atoms with Crippen LogP contribution in [0.15, 0.2) is 12.7 Å². The number of carbonyl (C=O) groups excluding carboxylic acids is 1. The lowest BCUT2D eigenvalue weighted by Crippen LogP contribution is -2.61. The van der Waals surface area contributed by atoms with Crippen LogP contribution in [0, 0.1) is 0 Å². The molecular formula is C9H8F8O2. The van der Waals surface area contributed by atoms with Crippen molar-refractivity contribution >= 4 is 5.97 Å². The maximum atomic E-state index is 13.1. The quantitative estimate of drug-likeness (QED) is 0.427. The van der Waals surface area contributed by atoms with Crippen molar-refractivity contribution in [2.75, 3.05) is 0 Å². The summed E-state index contributed by atoms with van der Waals surface area (Å²) < 4.78 is 104. The van der Waals surface area contributed by atoms with Gasteiger partial charge in [0.15, 0.2) is 6.10 Å². The molecule has 0 aromatic heterocycles. The van der Waals surface area contributed by atoms with Crippen molar-refractivity contribution < 1.29 is 44.7 Å². The van der Waals surface area contributed by atoms with Crippen molar-refractivity contribution in [2.24, 2.45) is 0 Å². The average Bonchev–Trinajstić information content (AvgIpc) is 2.27. The summed E-state index contributed by atoms with van der Waals surface area (Å²) in [6.07, 6.45) is -7.76. The summed E-state index contributed by atoms with van der Waals surface area (Å²) in [5, 5.41) is 0. The Labute approximate surface area is 102 Å². The Bertz CT molecular complexity index is 352. The molecule has 0 aliphatic rings. The topological polar surface area (TPSA) is 26.3 Å². The van der Waals surface area contributed by atoms with Crippen LogP contribution in [0.3, 0.4) is 0 Å². The number of ether oxygens (including phenoxy) is 1. The van der Waals surface area contributed by atoms with E-state index in [1.807, 2.05) is 0 Å². The number of rotatable bonds is 6. The molecule has 0 aliphatic carbocycles. The molecule has 0 heterocycles. The summed E-state index contributed by atoms with van der Waals surface area (Å²) in [5.41, 5.74) is 0. The number of hydrogen-bond donors (Lipinski definition) is 0. The SMILES string of the molecule is C=CC(=O)OC(C)C(F)(F)C(F)(F)C(F)(F)C(F)F. The zero-order valence-electron chi connectivity index (χ0n) is 9.28. The first kappa shape index (κ1) is 17.6. The lowest BCUT2D eigenvalue weighted by atomic mass is 10.0. The summed E-state index contributed by atoms with van der Waals surface area (Å²) in [7, 11) is 0. The van der Waals surface area contributed by atoms with Gasteiger partial charge >= 0.3 is 30.2 Å². The van der Waals surface area contributed by atoms with Gasteiger partial charge in [-0.3, -0.25) is 0 Å². The molecule has 0 fully saturated rings. The minimum atomic E-state index is -6.41. The van der Waals surface area contributed by atoms with Crippen LogP contribution in [-0.4, -0.2) is 36.3 Å². The van der Waals surface area contributed by atoms with Gasteiger partial charge < -0.3 is 4.74 Å². The van der Waals surface area contributed by atoms with Crippen LogP contribution >= 0.6 is 0 Å². The Kier molecular flexibility index (Phi) is 4.96. The minimum Gasteiger partial charge on any atom is -0.453 e. The first-order valence-corrected chi connectivity index (χ1v) is 4.57. The van der Waals surface area contributed by atoms with Gasteiger partial charge in [0.1, 0.15) is 0 Å². The smallest absolute Gasteiger partial charge is 0.381 e. The summed E-state index contributed by atoms with van der Waals surface area (Å²) in [4.78, 5) is 10.5. The standard InChI is InChI=1S/C9H8F8O2/c1-3-5(18)19-4(2)7(12,13)9(16,17)8(14,15)6(10)11/h3-4,6H,1H2,2H3. The lowest BCUT2D eigenvalue weighted by molar-refractivity contribution is -0.354. The van der Waals surface area contributed by atoms with Crippen LogP contribution in [0.2, 0.25) is 0 Å². The molecule has 0 N–H and O–H groups in total. The van der Waals surface area contributed by atoms with E-state index in [9.17, 15) is 39.9 Å². The van der Waals surface area contributed by atoms with Crippen LogP contribution in [0.5, 0.6) is 0 Å². The molecule has 0 aromatic carbocycles. The molecule has 0 bridgehead atoms. The summed E-state index contributed by atoms with van der Waals surface area (Å²) in [6.45, 7) is 2.92. The van der Waals surface area contributed by atoms with Gasteiger partial charge in [-0.05, 0) is 6.92 Å². The van der Waals surface area contributed by atoms with Gasteiger partial charge in [-0.1, -0.05) is 6.58 Å². The van der Waals surface area contributed by atoms with Gasteiger partial charge in [0, 0.05) is 6.08 Å². The Morgan fingerprint density at radius 2 is 1.53 bits per heavy atom. The van der Waals surface area contributed by atoms with Crippen molar-refractivity contribution in [1.82, 2.24) is 0 Å². The van der Waals surface area contributed by atoms with Gasteiger partial charge in [-0.25, -0.2) is 13.6 Å². The molecule has 0 aliphatic heterocycles. The zero-order valence-corrected chi connectivity index (χ0v) is 9.28. The molecule has 0 aromatic rings. The molecule has 10 heteroatoms. The van der Waals surface area contributed by atoms with Crippen molar-refractivity contribution in [1.29, 1.82) is 0 Å². The Morgan fingerprint density at radius 3 is 1.84 bits per heavy atom. The second-order valence-electron chi connectivity index (χ2n) is 3.40. The summed E-state index contributed by atoms with van der Waals surface area (Å²) in [6, 6.07) is 0. The fraction of sp³-hybridized carbons (Fsp3) is 0.667. The molecule has 1 atom stereocenters. The highest BCUT2D eigenvalue weighted by Gasteiger charge is 2.77. The highest BCUT2D eigenvalue weighted by molar-refractivity contribution is 5.81. The fourth-order valence-corrected chi connectivity index (χ4v) is 0.911. The number of hydrogen-bond acceptors (Lipinski definition) is 2. The van der Waals surface area contributed by atoms with E-state index >= 15 is 0 Å². The highest BCUT2D eigenvalue weighted by atomic mass is 19.4. The van der Waals surface area contributed by atoms with Gasteiger partial charge in [-0.15, -0.1) is 0 Å². The molecule has 0 saturated carbocycles. The van der Waals surface area contributed by atoms with E-state index in [0.717, 1.165) is 0 Å². The van der Waals surface area contributed by atoms with Crippen LogP contribution in [0.25, 0.3) is 0 Å². The molecule has 0 radical (unpaired) electrons. The van der Waals surface area contributed by atoms with Crippen molar-refractivity contribution in [2.45, 2.75) is 37.2 Å².